The zero-order valence-corrected chi connectivity index (χ0v) is 25.8. The van der Waals surface area contributed by atoms with Gasteiger partial charge in [0.2, 0.25) is 0 Å². The van der Waals surface area contributed by atoms with Gasteiger partial charge >= 0.3 is 6.09 Å². The van der Waals surface area contributed by atoms with Gasteiger partial charge in [-0.15, -0.1) is 0 Å². The lowest BCUT2D eigenvalue weighted by Crippen LogP contribution is -2.54. The molecule has 7 rings (SSSR count). The number of rotatable bonds is 3. The second-order valence-electron chi connectivity index (χ2n) is 15.0. The average molecular weight is 573 g/mol. The number of carbonyl (C=O) groups excluding carboxylic acids is 1. The van der Waals surface area contributed by atoms with Crippen LogP contribution in [0.3, 0.4) is 0 Å². The van der Waals surface area contributed by atoms with Gasteiger partial charge in [0.1, 0.15) is 12.6 Å². The Labute approximate surface area is 251 Å². The second-order valence-corrected chi connectivity index (χ2v) is 15.0. The van der Waals surface area contributed by atoms with Crippen LogP contribution in [0, 0.1) is 45.8 Å². The van der Waals surface area contributed by atoms with E-state index in [1.54, 1.807) is 5.57 Å². The molecule has 11 atom stereocenters. The third kappa shape index (κ3) is 4.50. The van der Waals surface area contributed by atoms with E-state index in [2.05, 4.69) is 45.0 Å². The lowest BCUT2D eigenvalue weighted by atomic mass is 9.54. The number of ether oxygens (including phenoxy) is 2. The van der Waals surface area contributed by atoms with Crippen molar-refractivity contribution in [1.82, 2.24) is 4.90 Å². The lowest BCUT2D eigenvalue weighted by molar-refractivity contribution is -0.0789. The van der Waals surface area contributed by atoms with Crippen molar-refractivity contribution < 1.29 is 14.3 Å². The van der Waals surface area contributed by atoms with Crippen molar-refractivity contribution in [3.05, 3.63) is 64.1 Å². The van der Waals surface area contributed by atoms with Gasteiger partial charge in [-0.25, -0.2) is 4.79 Å². The highest BCUT2D eigenvalue weighted by atomic mass is 16.6. The summed E-state index contributed by atoms with van der Waals surface area (Å²) in [5, 5.41) is 3.38. The van der Waals surface area contributed by atoms with E-state index >= 15 is 0 Å². The summed E-state index contributed by atoms with van der Waals surface area (Å²) in [7, 11) is 0. The third-order valence-corrected chi connectivity index (χ3v) is 12.8. The molecule has 42 heavy (non-hydrogen) atoms. The summed E-state index contributed by atoms with van der Waals surface area (Å²) in [5.41, 5.74) is 4.21. The highest BCUT2D eigenvalue weighted by Gasteiger charge is 2.60. The molecule has 2 saturated heterocycles. The quantitative estimate of drug-likeness (QED) is 0.271. The smallest absolute Gasteiger partial charge is 0.410 e. The Kier molecular flexibility index (Phi) is 7.15. The third-order valence-electron chi connectivity index (χ3n) is 12.8. The average Bonchev–Trinajstić information content (AvgIpc) is 3.45. The van der Waals surface area contributed by atoms with Crippen LogP contribution in [0.1, 0.15) is 84.6 Å². The zero-order valence-electron chi connectivity index (χ0n) is 25.8. The Hall–Kier alpha value is -2.47. The molecule has 2 saturated carbocycles. The van der Waals surface area contributed by atoms with Crippen LogP contribution in [0.15, 0.2) is 58.8 Å². The number of carbonyl (C=O) groups is 1. The number of nitroso groups, excluding NO2 is 1. The lowest BCUT2D eigenvalue weighted by Gasteiger charge is -2.50. The van der Waals surface area contributed by atoms with E-state index in [0.717, 1.165) is 37.8 Å². The number of fused-ring (bicyclic) bond motifs is 6. The molecule has 2 heterocycles. The highest BCUT2D eigenvalue weighted by Crippen LogP contribution is 2.64. The molecule has 4 fully saturated rings. The van der Waals surface area contributed by atoms with Crippen molar-refractivity contribution in [2.75, 3.05) is 6.54 Å². The summed E-state index contributed by atoms with van der Waals surface area (Å²) in [4.78, 5) is 26.9. The molecule has 2 aliphatic heterocycles. The topological polar surface area (TPSA) is 68.2 Å². The number of hydrogen-bond donors (Lipinski definition) is 0. The van der Waals surface area contributed by atoms with Gasteiger partial charge in [-0.3, -0.25) is 0 Å². The van der Waals surface area contributed by atoms with E-state index < -0.39 is 0 Å². The molecule has 6 nitrogen and oxygen atoms in total. The summed E-state index contributed by atoms with van der Waals surface area (Å²) in [5.74, 6) is 3.21. The minimum Gasteiger partial charge on any atom is -0.445 e. The van der Waals surface area contributed by atoms with Crippen molar-refractivity contribution in [1.29, 1.82) is 0 Å². The molecule has 1 aromatic rings. The first-order valence-corrected chi connectivity index (χ1v) is 16.6. The van der Waals surface area contributed by atoms with Crippen molar-refractivity contribution in [3.8, 4) is 0 Å². The number of hydrogen-bond acceptors (Lipinski definition) is 5. The van der Waals surface area contributed by atoms with Crippen LogP contribution >= 0.6 is 0 Å². The minimum absolute atomic E-state index is 0.0639. The fourth-order valence-electron chi connectivity index (χ4n) is 10.7. The standard InChI is InChI=1S/C36H48N2O4/c1-22-16-32-33(38(20-22)34(39)41-21-25-8-6-5-7-9-25)24(3)36(42-32)15-13-28-29-11-10-26-17-27(37-40)12-14-35(26,4)31(29)18-30(28)23(2)19-36/h5-9,12,14,22,24,26-29,31-33H,10-11,13,15-21H2,1-4H3/t22-,24+,26+,27?,28-,29-,31-,32+,33-,35-,36-/m0/s1. The van der Waals surface area contributed by atoms with E-state index in [4.69, 9.17) is 9.47 Å². The fraction of sp³-hybridized carbons (Fsp3) is 0.694. The maximum Gasteiger partial charge on any atom is 0.410 e. The largest absolute Gasteiger partial charge is 0.445 e. The normalized spacial score (nSPS) is 44.2. The van der Waals surface area contributed by atoms with Crippen molar-refractivity contribution >= 4 is 6.09 Å². The molecule has 0 N–H and O–H groups in total. The molecule has 0 radical (unpaired) electrons. The molecule has 6 heteroatoms. The monoisotopic (exact) mass is 572 g/mol. The number of allylic oxidation sites excluding steroid dienone is 2. The van der Waals surface area contributed by atoms with Gasteiger partial charge in [0.05, 0.1) is 17.7 Å². The van der Waals surface area contributed by atoms with E-state index in [1.165, 1.54) is 31.3 Å². The maximum atomic E-state index is 13.5. The van der Waals surface area contributed by atoms with Crippen LogP contribution in [-0.4, -0.2) is 41.3 Å². The van der Waals surface area contributed by atoms with Crippen LogP contribution in [0.4, 0.5) is 4.79 Å². The molecule has 1 spiro atoms. The molecule has 1 aromatic carbocycles. The predicted octanol–water partition coefficient (Wildman–Crippen LogP) is 8.07. The summed E-state index contributed by atoms with van der Waals surface area (Å²) in [6.45, 7) is 10.5. The minimum atomic E-state index is -0.219. The fourth-order valence-corrected chi connectivity index (χ4v) is 10.7. The van der Waals surface area contributed by atoms with Gasteiger partial charge in [0.15, 0.2) is 0 Å². The number of likely N-dealkylation sites (tertiary alicyclic amines) is 1. The van der Waals surface area contributed by atoms with E-state index in [9.17, 15) is 9.70 Å². The molecule has 226 valence electrons. The SMILES string of the molecule is CC1=C2C[C@H]3[C@@H](CC[C@@H]4CC(N=O)C=C[C@@]43C)[C@@H]2CC[C@@]2(C1)O[C@@H]1C[C@H](C)CN(C(=O)OCc3ccccc3)[C@H]1[C@H]2C. The Balaban J connectivity index is 1.11. The first kappa shape index (κ1) is 28.3. The van der Waals surface area contributed by atoms with Crippen molar-refractivity contribution in [3.63, 3.8) is 0 Å². The molecular formula is C36H48N2O4. The van der Waals surface area contributed by atoms with E-state index in [1.807, 2.05) is 35.2 Å². The Morgan fingerprint density at radius 1 is 1.14 bits per heavy atom. The van der Waals surface area contributed by atoms with Crippen LogP contribution < -0.4 is 0 Å². The predicted molar refractivity (Wildman–Crippen MR) is 163 cm³/mol. The summed E-state index contributed by atoms with van der Waals surface area (Å²) >= 11 is 0. The van der Waals surface area contributed by atoms with Gasteiger partial charge in [0, 0.05) is 12.5 Å². The van der Waals surface area contributed by atoms with Crippen LogP contribution in [0.5, 0.6) is 0 Å². The Bertz CT molecular complexity index is 1280. The Morgan fingerprint density at radius 3 is 2.74 bits per heavy atom. The Morgan fingerprint density at radius 2 is 1.95 bits per heavy atom. The van der Waals surface area contributed by atoms with Gasteiger partial charge in [-0.05, 0) is 98.9 Å². The first-order valence-electron chi connectivity index (χ1n) is 16.6. The highest BCUT2D eigenvalue weighted by molar-refractivity contribution is 5.68. The molecule has 1 unspecified atom stereocenters. The summed E-state index contributed by atoms with van der Waals surface area (Å²) < 4.78 is 13.0. The summed E-state index contributed by atoms with van der Waals surface area (Å²) in [6.07, 6.45) is 13.1. The van der Waals surface area contributed by atoms with Crippen LogP contribution in [0.2, 0.25) is 0 Å². The van der Waals surface area contributed by atoms with Crippen molar-refractivity contribution in [2.24, 2.45) is 46.1 Å². The number of amides is 1. The number of benzene rings is 1. The molecule has 1 amide bonds. The number of nitrogens with zero attached hydrogens (tertiary/aromatic N) is 2. The van der Waals surface area contributed by atoms with Crippen LogP contribution in [-0.2, 0) is 16.1 Å². The van der Waals surface area contributed by atoms with Gasteiger partial charge in [-0.2, -0.15) is 4.91 Å². The van der Waals surface area contributed by atoms with E-state index in [-0.39, 0.29) is 41.2 Å². The van der Waals surface area contributed by atoms with Crippen molar-refractivity contribution in [2.45, 2.75) is 109 Å². The second kappa shape index (κ2) is 10.6. The van der Waals surface area contributed by atoms with Gasteiger partial charge in [-0.1, -0.05) is 79.6 Å². The molecule has 6 aliphatic rings. The molecular weight excluding hydrogens is 524 g/mol. The number of piperidine rings is 1. The van der Waals surface area contributed by atoms with E-state index in [0.29, 0.717) is 36.2 Å². The molecule has 0 aromatic heterocycles. The summed E-state index contributed by atoms with van der Waals surface area (Å²) in [6, 6.07) is 9.88. The first-order chi connectivity index (χ1) is 20.2. The van der Waals surface area contributed by atoms with Crippen LogP contribution in [0.25, 0.3) is 0 Å². The van der Waals surface area contributed by atoms with Gasteiger partial charge in [0.25, 0.3) is 0 Å². The maximum absolute atomic E-state index is 13.5. The van der Waals surface area contributed by atoms with Gasteiger partial charge < -0.3 is 14.4 Å². The zero-order chi connectivity index (χ0) is 29.2. The molecule has 0 bridgehead atoms. The molecule has 4 aliphatic carbocycles.